The molecule has 5 nitrogen and oxygen atoms in total. The zero-order chi connectivity index (χ0) is 14.2. The van der Waals surface area contributed by atoms with Crippen LogP contribution in [0.1, 0.15) is 30.7 Å². The van der Waals surface area contributed by atoms with Gasteiger partial charge in [-0.25, -0.2) is 9.98 Å². The van der Waals surface area contributed by atoms with Gasteiger partial charge in [-0.3, -0.25) is 4.98 Å². The van der Waals surface area contributed by atoms with E-state index in [0.29, 0.717) is 6.61 Å². The maximum absolute atomic E-state index is 5.87. The lowest BCUT2D eigenvalue weighted by molar-refractivity contribution is -0.180. The van der Waals surface area contributed by atoms with Gasteiger partial charge in [-0.05, 0) is 6.92 Å². The standard InChI is InChI=1S/C14H15N3O2S/c1-9-12-11(8-18-14(2,3)19-12)10(6-16-9)7-17-13-15-4-5-20-13/h4-7H,8H2,1-3H3/b17-7+. The molecule has 0 N–H and O–H groups in total. The monoisotopic (exact) mass is 289 g/mol. The van der Waals surface area contributed by atoms with Crippen molar-refractivity contribution in [1.82, 2.24) is 9.97 Å². The smallest absolute Gasteiger partial charge is 0.208 e. The third kappa shape index (κ3) is 2.57. The summed E-state index contributed by atoms with van der Waals surface area (Å²) >= 11 is 1.49. The van der Waals surface area contributed by atoms with E-state index in [-0.39, 0.29) is 0 Å². The molecule has 0 fully saturated rings. The Morgan fingerprint density at radius 1 is 1.40 bits per heavy atom. The quantitative estimate of drug-likeness (QED) is 0.796. The lowest BCUT2D eigenvalue weighted by Crippen LogP contribution is -2.36. The van der Waals surface area contributed by atoms with Crippen LogP contribution in [0.5, 0.6) is 5.75 Å². The van der Waals surface area contributed by atoms with Crippen molar-refractivity contribution in [1.29, 1.82) is 0 Å². The predicted molar refractivity (Wildman–Crippen MR) is 77.8 cm³/mol. The second-order valence-electron chi connectivity index (χ2n) is 4.97. The van der Waals surface area contributed by atoms with Crippen molar-refractivity contribution in [3.8, 4) is 5.75 Å². The summed E-state index contributed by atoms with van der Waals surface area (Å²) in [5.74, 6) is 0.175. The maximum Gasteiger partial charge on any atom is 0.208 e. The molecule has 20 heavy (non-hydrogen) atoms. The molecule has 2 aromatic heterocycles. The molecule has 0 aliphatic carbocycles. The molecular formula is C14H15N3O2S. The summed E-state index contributed by atoms with van der Waals surface area (Å²) in [6, 6.07) is 0. The highest BCUT2D eigenvalue weighted by molar-refractivity contribution is 7.13. The highest BCUT2D eigenvalue weighted by Gasteiger charge is 2.30. The van der Waals surface area contributed by atoms with E-state index < -0.39 is 5.79 Å². The number of pyridine rings is 1. The number of nitrogens with zero attached hydrogens (tertiary/aromatic N) is 3. The van der Waals surface area contributed by atoms with Crippen LogP contribution in [-0.2, 0) is 11.3 Å². The predicted octanol–water partition coefficient (Wildman–Crippen LogP) is 3.24. The van der Waals surface area contributed by atoms with Crippen molar-refractivity contribution in [3.63, 3.8) is 0 Å². The minimum atomic E-state index is -0.621. The van der Waals surface area contributed by atoms with Gasteiger partial charge in [0.2, 0.25) is 10.9 Å². The van der Waals surface area contributed by atoms with Gasteiger partial charge in [0.15, 0.2) is 5.75 Å². The first-order valence-corrected chi connectivity index (χ1v) is 7.18. The van der Waals surface area contributed by atoms with E-state index in [0.717, 1.165) is 27.7 Å². The molecule has 0 unspecified atom stereocenters. The van der Waals surface area contributed by atoms with E-state index >= 15 is 0 Å². The maximum atomic E-state index is 5.87. The Hall–Kier alpha value is -1.79. The van der Waals surface area contributed by atoms with Crippen LogP contribution in [0, 0.1) is 6.92 Å². The molecule has 1 aliphatic rings. The van der Waals surface area contributed by atoms with E-state index in [1.54, 1.807) is 18.6 Å². The van der Waals surface area contributed by atoms with Crippen LogP contribution in [0.25, 0.3) is 0 Å². The molecule has 2 aromatic rings. The zero-order valence-corrected chi connectivity index (χ0v) is 12.4. The Morgan fingerprint density at radius 3 is 3.00 bits per heavy atom. The molecule has 0 amide bonds. The molecule has 0 saturated heterocycles. The number of aromatic nitrogens is 2. The minimum absolute atomic E-state index is 0.491. The van der Waals surface area contributed by atoms with Gasteiger partial charge < -0.3 is 9.47 Å². The SMILES string of the molecule is Cc1ncc(/C=N/c2nccs2)c2c1OC(C)(C)OC2. The molecule has 3 heterocycles. The van der Waals surface area contributed by atoms with E-state index in [2.05, 4.69) is 15.0 Å². The average Bonchev–Trinajstić information content (AvgIpc) is 2.91. The van der Waals surface area contributed by atoms with E-state index in [1.165, 1.54) is 11.3 Å². The van der Waals surface area contributed by atoms with Crippen molar-refractivity contribution < 1.29 is 9.47 Å². The highest BCUT2D eigenvalue weighted by atomic mass is 32.1. The minimum Gasteiger partial charge on any atom is -0.461 e. The van der Waals surface area contributed by atoms with Crippen LogP contribution in [0.2, 0.25) is 0 Å². The van der Waals surface area contributed by atoms with Crippen molar-refractivity contribution in [2.24, 2.45) is 4.99 Å². The Labute approximate surface area is 121 Å². The molecule has 3 rings (SSSR count). The summed E-state index contributed by atoms with van der Waals surface area (Å²) in [5.41, 5.74) is 2.75. The lowest BCUT2D eigenvalue weighted by Gasteiger charge is -2.33. The third-order valence-corrected chi connectivity index (χ3v) is 3.67. The number of aryl methyl sites for hydroxylation is 1. The number of aliphatic imine (C=N–C) groups is 1. The largest absolute Gasteiger partial charge is 0.461 e. The van der Waals surface area contributed by atoms with Crippen molar-refractivity contribution in [2.45, 2.75) is 33.2 Å². The molecule has 0 saturated carbocycles. The number of hydrogen-bond acceptors (Lipinski definition) is 6. The zero-order valence-electron chi connectivity index (χ0n) is 11.6. The lowest BCUT2D eigenvalue weighted by atomic mass is 10.1. The fourth-order valence-corrected chi connectivity index (χ4v) is 2.45. The third-order valence-electron chi connectivity index (χ3n) is 2.99. The molecule has 104 valence electrons. The molecule has 0 atom stereocenters. The number of ether oxygens (including phenoxy) is 2. The molecule has 1 aliphatic heterocycles. The van der Waals surface area contributed by atoms with Crippen LogP contribution < -0.4 is 4.74 Å². The number of fused-ring (bicyclic) bond motifs is 1. The summed E-state index contributed by atoms with van der Waals surface area (Å²) in [6.07, 6.45) is 5.28. The molecular weight excluding hydrogens is 274 g/mol. The summed E-state index contributed by atoms with van der Waals surface area (Å²) in [5, 5.41) is 2.61. The van der Waals surface area contributed by atoms with Gasteiger partial charge in [-0.15, -0.1) is 11.3 Å². The fourth-order valence-electron chi connectivity index (χ4n) is 1.97. The average molecular weight is 289 g/mol. The van der Waals surface area contributed by atoms with Gasteiger partial charge in [-0.1, -0.05) is 0 Å². The van der Waals surface area contributed by atoms with Gasteiger partial charge in [0.1, 0.15) is 0 Å². The first-order valence-electron chi connectivity index (χ1n) is 6.30. The Balaban J connectivity index is 1.98. The molecule has 0 radical (unpaired) electrons. The molecule has 0 bridgehead atoms. The Morgan fingerprint density at radius 2 is 2.25 bits per heavy atom. The van der Waals surface area contributed by atoms with Crippen LogP contribution >= 0.6 is 11.3 Å². The van der Waals surface area contributed by atoms with Crippen LogP contribution in [0.4, 0.5) is 5.13 Å². The molecule has 0 aromatic carbocycles. The second kappa shape index (κ2) is 4.96. The van der Waals surface area contributed by atoms with Gasteiger partial charge in [0.25, 0.3) is 0 Å². The van der Waals surface area contributed by atoms with Crippen molar-refractivity contribution in [2.75, 3.05) is 0 Å². The first-order chi connectivity index (χ1) is 9.55. The molecule has 0 spiro atoms. The van der Waals surface area contributed by atoms with E-state index in [4.69, 9.17) is 9.47 Å². The van der Waals surface area contributed by atoms with Gasteiger partial charge in [0.05, 0.1) is 12.3 Å². The van der Waals surface area contributed by atoms with Crippen molar-refractivity contribution in [3.05, 3.63) is 34.6 Å². The summed E-state index contributed by atoms with van der Waals surface area (Å²) in [4.78, 5) is 12.8. The fraction of sp³-hybridized carbons (Fsp3) is 0.357. The topological polar surface area (TPSA) is 56.6 Å². The number of hydrogen-bond donors (Lipinski definition) is 0. The second-order valence-corrected chi connectivity index (χ2v) is 5.84. The normalized spacial score (nSPS) is 16.9. The number of thiazole rings is 1. The van der Waals surface area contributed by atoms with Crippen LogP contribution in [0.3, 0.4) is 0 Å². The van der Waals surface area contributed by atoms with Gasteiger partial charge in [0, 0.05) is 49.0 Å². The van der Waals surface area contributed by atoms with Gasteiger partial charge >= 0.3 is 0 Å². The van der Waals surface area contributed by atoms with Gasteiger partial charge in [-0.2, -0.15) is 0 Å². The summed E-state index contributed by atoms with van der Waals surface area (Å²) in [6.45, 7) is 6.21. The first kappa shape index (κ1) is 13.2. The summed E-state index contributed by atoms with van der Waals surface area (Å²) in [7, 11) is 0. The molecule has 6 heteroatoms. The Bertz CT molecular complexity index is 651. The van der Waals surface area contributed by atoms with E-state index in [9.17, 15) is 0 Å². The summed E-state index contributed by atoms with van der Waals surface area (Å²) < 4.78 is 11.6. The van der Waals surface area contributed by atoms with Crippen molar-refractivity contribution >= 4 is 22.7 Å². The Kier molecular flexibility index (Phi) is 3.27. The van der Waals surface area contributed by atoms with E-state index in [1.807, 2.05) is 26.2 Å². The van der Waals surface area contributed by atoms with Crippen LogP contribution in [0.15, 0.2) is 22.8 Å². The highest BCUT2D eigenvalue weighted by Crippen LogP contribution is 2.34. The number of rotatable bonds is 2. The van der Waals surface area contributed by atoms with Crippen LogP contribution in [-0.4, -0.2) is 22.0 Å².